The Morgan fingerprint density at radius 1 is 1.45 bits per heavy atom. The van der Waals surface area contributed by atoms with Crippen molar-refractivity contribution in [3.05, 3.63) is 28.8 Å². The molecule has 0 spiro atoms. The summed E-state index contributed by atoms with van der Waals surface area (Å²) in [5.74, 6) is -0.0233. The molecular formula is C15H21ClN2O2. The SMILES string of the molecule is CCOC1CC(Nc2cc(Cl)ccc2C(=O)N(C)C)C1. The molecule has 20 heavy (non-hydrogen) atoms. The Morgan fingerprint density at radius 3 is 2.75 bits per heavy atom. The molecule has 2 rings (SSSR count). The Kier molecular flexibility index (Phi) is 4.89. The van der Waals surface area contributed by atoms with E-state index >= 15 is 0 Å². The fraction of sp³-hybridized carbons (Fsp3) is 0.533. The van der Waals surface area contributed by atoms with Gasteiger partial charge < -0.3 is 15.0 Å². The van der Waals surface area contributed by atoms with Gasteiger partial charge in [-0.1, -0.05) is 11.6 Å². The second-order valence-corrected chi connectivity index (χ2v) is 5.72. The van der Waals surface area contributed by atoms with Crippen LogP contribution in [0.1, 0.15) is 30.1 Å². The normalized spacial score (nSPS) is 21.2. The van der Waals surface area contributed by atoms with Gasteiger partial charge >= 0.3 is 0 Å². The van der Waals surface area contributed by atoms with Crippen molar-refractivity contribution >= 4 is 23.2 Å². The van der Waals surface area contributed by atoms with Crippen LogP contribution in [-0.4, -0.2) is 43.7 Å². The summed E-state index contributed by atoms with van der Waals surface area (Å²) >= 11 is 6.03. The van der Waals surface area contributed by atoms with Crippen LogP contribution < -0.4 is 5.32 Å². The Balaban J connectivity index is 2.07. The Morgan fingerprint density at radius 2 is 2.15 bits per heavy atom. The van der Waals surface area contributed by atoms with E-state index in [0.29, 0.717) is 22.7 Å². The summed E-state index contributed by atoms with van der Waals surface area (Å²) in [6.45, 7) is 2.75. The quantitative estimate of drug-likeness (QED) is 0.908. The fourth-order valence-corrected chi connectivity index (χ4v) is 2.51. The zero-order valence-electron chi connectivity index (χ0n) is 12.1. The van der Waals surface area contributed by atoms with Crippen molar-refractivity contribution in [3.8, 4) is 0 Å². The molecule has 0 radical (unpaired) electrons. The molecular weight excluding hydrogens is 276 g/mol. The highest BCUT2D eigenvalue weighted by Gasteiger charge is 2.30. The lowest BCUT2D eigenvalue weighted by atomic mass is 9.88. The van der Waals surface area contributed by atoms with Gasteiger partial charge in [0.15, 0.2) is 0 Å². The maximum absolute atomic E-state index is 12.1. The molecule has 0 aliphatic heterocycles. The highest BCUT2D eigenvalue weighted by molar-refractivity contribution is 6.31. The third-order valence-corrected chi connectivity index (χ3v) is 3.71. The molecule has 5 heteroatoms. The van der Waals surface area contributed by atoms with E-state index in [-0.39, 0.29) is 5.91 Å². The summed E-state index contributed by atoms with van der Waals surface area (Å²) in [6.07, 6.45) is 2.27. The fourth-order valence-electron chi connectivity index (χ4n) is 2.34. The van der Waals surface area contributed by atoms with E-state index in [1.165, 1.54) is 0 Å². The van der Waals surface area contributed by atoms with Gasteiger partial charge in [-0.3, -0.25) is 4.79 Å². The monoisotopic (exact) mass is 296 g/mol. The first-order chi connectivity index (χ1) is 9.51. The number of benzene rings is 1. The Labute approximate surface area is 125 Å². The molecule has 1 aromatic carbocycles. The van der Waals surface area contributed by atoms with E-state index in [1.54, 1.807) is 31.1 Å². The summed E-state index contributed by atoms with van der Waals surface area (Å²) < 4.78 is 5.54. The van der Waals surface area contributed by atoms with Crippen molar-refractivity contribution < 1.29 is 9.53 Å². The van der Waals surface area contributed by atoms with Gasteiger partial charge in [0.2, 0.25) is 0 Å². The zero-order valence-corrected chi connectivity index (χ0v) is 12.9. The van der Waals surface area contributed by atoms with Crippen LogP contribution >= 0.6 is 11.6 Å². The molecule has 1 aliphatic rings. The lowest BCUT2D eigenvalue weighted by molar-refractivity contribution is 0.00298. The molecule has 1 amide bonds. The smallest absolute Gasteiger partial charge is 0.255 e. The first kappa shape index (κ1) is 15.1. The van der Waals surface area contributed by atoms with Crippen molar-refractivity contribution in [1.29, 1.82) is 0 Å². The molecule has 0 atom stereocenters. The number of amides is 1. The molecule has 110 valence electrons. The van der Waals surface area contributed by atoms with Gasteiger partial charge in [0.05, 0.1) is 11.7 Å². The van der Waals surface area contributed by atoms with Crippen LogP contribution in [0.25, 0.3) is 0 Å². The van der Waals surface area contributed by atoms with Gasteiger partial charge in [0, 0.05) is 37.5 Å². The summed E-state index contributed by atoms with van der Waals surface area (Å²) in [7, 11) is 3.49. The van der Waals surface area contributed by atoms with E-state index in [1.807, 2.05) is 13.0 Å². The number of carbonyl (C=O) groups excluding carboxylic acids is 1. The lowest BCUT2D eigenvalue weighted by Gasteiger charge is -2.36. The molecule has 1 aliphatic carbocycles. The number of halogens is 1. The maximum atomic E-state index is 12.1. The number of ether oxygens (including phenoxy) is 1. The minimum Gasteiger partial charge on any atom is -0.381 e. The van der Waals surface area contributed by atoms with E-state index in [2.05, 4.69) is 5.32 Å². The molecule has 0 heterocycles. The lowest BCUT2D eigenvalue weighted by Crippen LogP contribution is -2.41. The van der Waals surface area contributed by atoms with Crippen molar-refractivity contribution in [3.63, 3.8) is 0 Å². The third-order valence-electron chi connectivity index (χ3n) is 3.48. The molecule has 0 bridgehead atoms. The number of nitrogens with one attached hydrogen (secondary N) is 1. The van der Waals surface area contributed by atoms with Gasteiger partial charge in [-0.05, 0) is 38.0 Å². The minimum absolute atomic E-state index is 0.0233. The highest BCUT2D eigenvalue weighted by Crippen LogP contribution is 2.30. The first-order valence-corrected chi connectivity index (χ1v) is 7.28. The number of carbonyl (C=O) groups is 1. The van der Waals surface area contributed by atoms with Crippen LogP contribution in [0.2, 0.25) is 5.02 Å². The van der Waals surface area contributed by atoms with E-state index in [9.17, 15) is 4.79 Å². The van der Waals surface area contributed by atoms with E-state index in [4.69, 9.17) is 16.3 Å². The van der Waals surface area contributed by atoms with Crippen LogP contribution in [0.15, 0.2) is 18.2 Å². The molecule has 1 saturated carbocycles. The molecule has 1 aromatic rings. The largest absolute Gasteiger partial charge is 0.381 e. The van der Waals surface area contributed by atoms with Gasteiger partial charge in [0.1, 0.15) is 0 Å². The van der Waals surface area contributed by atoms with Crippen LogP contribution in [0.3, 0.4) is 0 Å². The van der Waals surface area contributed by atoms with Crippen molar-refractivity contribution in [2.45, 2.75) is 31.9 Å². The summed E-state index contributed by atoms with van der Waals surface area (Å²) in [5, 5.41) is 4.03. The molecule has 0 saturated heterocycles. The summed E-state index contributed by atoms with van der Waals surface area (Å²) in [4.78, 5) is 13.7. The maximum Gasteiger partial charge on any atom is 0.255 e. The number of hydrogen-bond donors (Lipinski definition) is 1. The third kappa shape index (κ3) is 3.44. The van der Waals surface area contributed by atoms with Gasteiger partial charge in [-0.2, -0.15) is 0 Å². The number of hydrogen-bond acceptors (Lipinski definition) is 3. The van der Waals surface area contributed by atoms with E-state index in [0.717, 1.165) is 25.1 Å². The molecule has 4 nitrogen and oxygen atoms in total. The molecule has 1 fully saturated rings. The number of anilines is 1. The van der Waals surface area contributed by atoms with Crippen LogP contribution in [0, 0.1) is 0 Å². The average molecular weight is 297 g/mol. The van der Waals surface area contributed by atoms with Crippen molar-refractivity contribution in [1.82, 2.24) is 4.90 Å². The van der Waals surface area contributed by atoms with Gasteiger partial charge in [-0.25, -0.2) is 0 Å². The minimum atomic E-state index is -0.0233. The van der Waals surface area contributed by atoms with Crippen LogP contribution in [0.5, 0.6) is 0 Å². The Hall–Kier alpha value is -1.26. The topological polar surface area (TPSA) is 41.6 Å². The van der Waals surface area contributed by atoms with E-state index < -0.39 is 0 Å². The molecule has 0 aromatic heterocycles. The zero-order chi connectivity index (χ0) is 14.7. The predicted octanol–water partition coefficient (Wildman–Crippen LogP) is 3.02. The van der Waals surface area contributed by atoms with Crippen molar-refractivity contribution in [2.24, 2.45) is 0 Å². The highest BCUT2D eigenvalue weighted by atomic mass is 35.5. The summed E-state index contributed by atoms with van der Waals surface area (Å²) in [5.41, 5.74) is 1.45. The van der Waals surface area contributed by atoms with Gasteiger partial charge in [-0.15, -0.1) is 0 Å². The van der Waals surface area contributed by atoms with Gasteiger partial charge in [0.25, 0.3) is 5.91 Å². The predicted molar refractivity (Wildman–Crippen MR) is 81.5 cm³/mol. The first-order valence-electron chi connectivity index (χ1n) is 6.90. The number of rotatable bonds is 5. The summed E-state index contributed by atoms with van der Waals surface area (Å²) in [6, 6.07) is 5.67. The van der Waals surface area contributed by atoms with Crippen LogP contribution in [-0.2, 0) is 4.74 Å². The molecule has 0 unspecified atom stereocenters. The second kappa shape index (κ2) is 6.46. The van der Waals surface area contributed by atoms with Crippen molar-refractivity contribution in [2.75, 3.05) is 26.0 Å². The Bertz CT molecular complexity index is 485. The standard InChI is InChI=1S/C15H21ClN2O2/c1-4-20-12-8-11(9-12)17-14-7-10(16)5-6-13(14)15(19)18(2)3/h5-7,11-12,17H,4,8-9H2,1-3H3. The molecule has 1 N–H and O–H groups in total. The second-order valence-electron chi connectivity index (χ2n) is 5.28. The average Bonchev–Trinajstić information content (AvgIpc) is 2.35. The number of nitrogens with zero attached hydrogens (tertiary/aromatic N) is 1. The van der Waals surface area contributed by atoms with Crippen LogP contribution in [0.4, 0.5) is 5.69 Å².